The number of nitrogens with zero attached hydrogens (tertiary/aromatic N) is 1. The normalized spacial score (nSPS) is 23.8. The maximum atomic E-state index is 12.7. The van der Waals surface area contributed by atoms with Gasteiger partial charge in [-0.1, -0.05) is 13.8 Å². The minimum atomic E-state index is -0.217. The molecular weight excluding hydrogens is 253 g/mol. The number of halogens is 1. The fraction of sp³-hybridized carbons (Fsp3) is 0.647. The Balaban J connectivity index is 1.58. The number of unbranched alkanes of at least 4 members (excludes halogenated alkanes) is 1. The van der Waals surface area contributed by atoms with Crippen molar-refractivity contribution in [2.24, 2.45) is 11.8 Å². The molecule has 1 aliphatic rings. The summed E-state index contributed by atoms with van der Waals surface area (Å²) in [6, 6.07) is 6.24. The lowest BCUT2D eigenvalue weighted by molar-refractivity contribution is 0.136. The summed E-state index contributed by atoms with van der Waals surface area (Å²) in [4.78, 5) is 2.58. The van der Waals surface area contributed by atoms with E-state index in [-0.39, 0.29) is 5.82 Å². The molecule has 0 bridgehead atoms. The molecule has 0 spiro atoms. The Labute approximate surface area is 121 Å². The van der Waals surface area contributed by atoms with Crippen LogP contribution in [0.25, 0.3) is 0 Å². The summed E-state index contributed by atoms with van der Waals surface area (Å²) in [5.41, 5.74) is 0. The third-order valence-corrected chi connectivity index (χ3v) is 3.90. The Hall–Kier alpha value is -1.09. The molecule has 0 N–H and O–H groups in total. The predicted molar refractivity (Wildman–Crippen MR) is 80.5 cm³/mol. The van der Waals surface area contributed by atoms with Crippen molar-refractivity contribution in [2.75, 3.05) is 26.2 Å². The van der Waals surface area contributed by atoms with Gasteiger partial charge in [-0.25, -0.2) is 4.39 Å². The number of rotatable bonds is 6. The van der Waals surface area contributed by atoms with Crippen LogP contribution in [0.15, 0.2) is 24.3 Å². The van der Waals surface area contributed by atoms with Crippen molar-refractivity contribution in [3.63, 3.8) is 0 Å². The van der Waals surface area contributed by atoms with E-state index in [0.29, 0.717) is 6.61 Å². The van der Waals surface area contributed by atoms with Crippen LogP contribution in [0, 0.1) is 17.7 Å². The zero-order valence-electron chi connectivity index (χ0n) is 12.6. The molecule has 1 saturated heterocycles. The van der Waals surface area contributed by atoms with Crippen LogP contribution in [-0.2, 0) is 0 Å². The van der Waals surface area contributed by atoms with Crippen molar-refractivity contribution in [1.82, 2.24) is 4.90 Å². The number of ether oxygens (including phenoxy) is 1. The molecular formula is C17H26FNO. The molecule has 1 heterocycles. The quantitative estimate of drug-likeness (QED) is 0.731. The van der Waals surface area contributed by atoms with Gasteiger partial charge < -0.3 is 9.64 Å². The van der Waals surface area contributed by atoms with Crippen LogP contribution in [0.1, 0.15) is 33.1 Å². The predicted octanol–water partition coefficient (Wildman–Crippen LogP) is 3.96. The van der Waals surface area contributed by atoms with E-state index in [1.165, 1.54) is 44.6 Å². The number of hydrogen-bond acceptors (Lipinski definition) is 2. The first-order chi connectivity index (χ1) is 9.63. The molecule has 0 aromatic heterocycles. The number of piperidine rings is 1. The van der Waals surface area contributed by atoms with Crippen LogP contribution in [0.3, 0.4) is 0 Å². The van der Waals surface area contributed by atoms with Gasteiger partial charge in [-0.05, 0) is 61.9 Å². The molecule has 2 atom stereocenters. The van der Waals surface area contributed by atoms with Crippen molar-refractivity contribution in [1.29, 1.82) is 0 Å². The van der Waals surface area contributed by atoms with Gasteiger partial charge in [0.2, 0.25) is 0 Å². The van der Waals surface area contributed by atoms with Crippen molar-refractivity contribution in [3.8, 4) is 5.75 Å². The van der Waals surface area contributed by atoms with Gasteiger partial charge >= 0.3 is 0 Å². The Morgan fingerprint density at radius 1 is 1.10 bits per heavy atom. The molecule has 112 valence electrons. The summed E-state index contributed by atoms with van der Waals surface area (Å²) < 4.78 is 18.3. The summed E-state index contributed by atoms with van der Waals surface area (Å²) in [6.45, 7) is 9.05. The van der Waals surface area contributed by atoms with Crippen LogP contribution >= 0.6 is 0 Å². The van der Waals surface area contributed by atoms with Crippen LogP contribution < -0.4 is 4.74 Å². The van der Waals surface area contributed by atoms with Gasteiger partial charge in [0, 0.05) is 13.1 Å². The molecule has 1 aromatic rings. The summed E-state index contributed by atoms with van der Waals surface area (Å²) in [7, 11) is 0. The van der Waals surface area contributed by atoms with E-state index in [1.54, 1.807) is 12.1 Å². The monoisotopic (exact) mass is 279 g/mol. The Kier molecular flexibility index (Phi) is 5.84. The van der Waals surface area contributed by atoms with Gasteiger partial charge in [-0.2, -0.15) is 0 Å². The fourth-order valence-electron chi connectivity index (χ4n) is 3.13. The van der Waals surface area contributed by atoms with Crippen LogP contribution in [0.4, 0.5) is 4.39 Å². The molecule has 1 aliphatic heterocycles. The van der Waals surface area contributed by atoms with Gasteiger partial charge in [-0.15, -0.1) is 0 Å². The lowest BCUT2D eigenvalue weighted by Gasteiger charge is -2.34. The van der Waals surface area contributed by atoms with Gasteiger partial charge in [-0.3, -0.25) is 0 Å². The highest BCUT2D eigenvalue weighted by molar-refractivity contribution is 5.21. The van der Waals surface area contributed by atoms with E-state index in [1.807, 2.05) is 0 Å². The second-order valence-corrected chi connectivity index (χ2v) is 6.22. The third kappa shape index (κ3) is 5.12. The number of benzene rings is 1. The third-order valence-electron chi connectivity index (χ3n) is 3.90. The standard InChI is InChI=1S/C17H26FNO/c1-14-11-15(2)13-19(12-14)9-3-4-10-20-17-7-5-16(18)6-8-17/h5-8,14-15H,3-4,9-13H2,1-2H3/t14-,15-/m0/s1. The van der Waals surface area contributed by atoms with Crippen molar-refractivity contribution < 1.29 is 9.13 Å². The first kappa shape index (κ1) is 15.3. The van der Waals surface area contributed by atoms with Crippen molar-refractivity contribution in [2.45, 2.75) is 33.1 Å². The first-order valence-electron chi connectivity index (χ1n) is 7.74. The molecule has 20 heavy (non-hydrogen) atoms. The van der Waals surface area contributed by atoms with E-state index >= 15 is 0 Å². The SMILES string of the molecule is C[C@H]1C[C@H](C)CN(CCCCOc2ccc(F)cc2)C1. The van der Waals surface area contributed by atoms with Crippen molar-refractivity contribution in [3.05, 3.63) is 30.1 Å². The maximum absolute atomic E-state index is 12.7. The summed E-state index contributed by atoms with van der Waals surface area (Å²) in [6.07, 6.45) is 3.58. The Morgan fingerprint density at radius 2 is 1.75 bits per heavy atom. The Bertz CT molecular complexity index is 382. The summed E-state index contributed by atoms with van der Waals surface area (Å²) in [5, 5.41) is 0. The highest BCUT2D eigenvalue weighted by Gasteiger charge is 2.20. The van der Waals surface area contributed by atoms with E-state index in [9.17, 15) is 4.39 Å². The molecule has 0 amide bonds. The van der Waals surface area contributed by atoms with Crippen LogP contribution in [0.2, 0.25) is 0 Å². The van der Waals surface area contributed by atoms with Gasteiger partial charge in [0.25, 0.3) is 0 Å². The second-order valence-electron chi connectivity index (χ2n) is 6.22. The molecule has 2 nitrogen and oxygen atoms in total. The van der Waals surface area contributed by atoms with E-state index in [2.05, 4.69) is 18.7 Å². The lowest BCUT2D eigenvalue weighted by Crippen LogP contribution is -2.39. The molecule has 0 unspecified atom stereocenters. The largest absolute Gasteiger partial charge is 0.494 e. The average Bonchev–Trinajstić information content (AvgIpc) is 2.39. The van der Waals surface area contributed by atoms with Crippen LogP contribution in [0.5, 0.6) is 5.75 Å². The zero-order chi connectivity index (χ0) is 14.4. The van der Waals surface area contributed by atoms with Gasteiger partial charge in [0.15, 0.2) is 0 Å². The van der Waals surface area contributed by atoms with E-state index in [4.69, 9.17) is 4.74 Å². The maximum Gasteiger partial charge on any atom is 0.123 e. The molecule has 0 saturated carbocycles. The molecule has 1 aromatic carbocycles. The first-order valence-corrected chi connectivity index (χ1v) is 7.74. The second kappa shape index (κ2) is 7.63. The highest BCUT2D eigenvalue weighted by atomic mass is 19.1. The van der Waals surface area contributed by atoms with E-state index in [0.717, 1.165) is 24.0 Å². The Morgan fingerprint density at radius 3 is 2.40 bits per heavy atom. The van der Waals surface area contributed by atoms with Crippen molar-refractivity contribution >= 4 is 0 Å². The molecule has 1 fully saturated rings. The number of hydrogen-bond donors (Lipinski definition) is 0. The summed E-state index contributed by atoms with van der Waals surface area (Å²) in [5.74, 6) is 2.20. The lowest BCUT2D eigenvalue weighted by atomic mass is 9.92. The average molecular weight is 279 g/mol. The smallest absolute Gasteiger partial charge is 0.123 e. The molecule has 3 heteroatoms. The zero-order valence-corrected chi connectivity index (χ0v) is 12.6. The highest BCUT2D eigenvalue weighted by Crippen LogP contribution is 2.21. The minimum Gasteiger partial charge on any atom is -0.494 e. The summed E-state index contributed by atoms with van der Waals surface area (Å²) >= 11 is 0. The van der Waals surface area contributed by atoms with Gasteiger partial charge in [0.05, 0.1) is 6.61 Å². The molecule has 0 radical (unpaired) electrons. The van der Waals surface area contributed by atoms with Gasteiger partial charge in [0.1, 0.15) is 11.6 Å². The minimum absolute atomic E-state index is 0.217. The van der Waals surface area contributed by atoms with E-state index < -0.39 is 0 Å². The molecule has 0 aliphatic carbocycles. The topological polar surface area (TPSA) is 12.5 Å². The van der Waals surface area contributed by atoms with Crippen LogP contribution in [-0.4, -0.2) is 31.1 Å². The fourth-order valence-corrected chi connectivity index (χ4v) is 3.13. The molecule has 2 rings (SSSR count). The number of likely N-dealkylation sites (tertiary alicyclic amines) is 1.